The van der Waals surface area contributed by atoms with E-state index in [1.165, 1.54) is 0 Å². The summed E-state index contributed by atoms with van der Waals surface area (Å²) in [5.41, 5.74) is 19.4. The Morgan fingerprint density at radius 1 is 0.900 bits per heavy atom. The van der Waals surface area contributed by atoms with Crippen molar-refractivity contribution in [2.45, 2.75) is 0 Å². The second-order valence-corrected chi connectivity index (χ2v) is 4.50. The van der Waals surface area contributed by atoms with E-state index < -0.39 is 0 Å². The first kappa shape index (κ1) is 13.9. The number of guanidine groups is 1. The van der Waals surface area contributed by atoms with Crippen molar-refractivity contribution in [3.8, 4) is 0 Å². The summed E-state index contributed by atoms with van der Waals surface area (Å²) in [7, 11) is 0. The quantitative estimate of drug-likeness (QED) is 0.348. The van der Waals surface area contributed by atoms with Gasteiger partial charge in [-0.3, -0.25) is 0 Å². The first-order valence-corrected chi connectivity index (χ1v) is 6.23. The van der Waals surface area contributed by atoms with E-state index in [2.05, 4.69) is 10.2 Å². The number of anilines is 1. The number of hydrogen-bond donors (Lipinski definition) is 3. The molecule has 0 aromatic heterocycles. The molecule has 0 saturated carbocycles. The van der Waals surface area contributed by atoms with E-state index in [1.807, 2.05) is 30.3 Å². The van der Waals surface area contributed by atoms with Gasteiger partial charge in [-0.15, -0.1) is 10.2 Å². The van der Waals surface area contributed by atoms with Gasteiger partial charge < -0.3 is 17.2 Å². The molecule has 0 heterocycles. The highest BCUT2D eigenvalue weighted by atomic mass is 35.5. The van der Waals surface area contributed by atoms with Gasteiger partial charge in [0.05, 0.1) is 0 Å². The highest BCUT2D eigenvalue weighted by molar-refractivity contribution is 6.30. The lowest BCUT2D eigenvalue weighted by Crippen LogP contribution is -2.22. The van der Waals surface area contributed by atoms with E-state index in [1.54, 1.807) is 18.2 Å². The maximum Gasteiger partial charge on any atom is 0.211 e. The molecule has 2 aromatic carbocycles. The van der Waals surface area contributed by atoms with Crippen LogP contribution in [0.2, 0.25) is 5.02 Å². The van der Waals surface area contributed by atoms with Gasteiger partial charge in [-0.25, -0.2) is 0 Å². The molecule has 0 aliphatic heterocycles. The summed E-state index contributed by atoms with van der Waals surface area (Å²) >= 11 is 5.89. The Hall–Kier alpha value is -2.53. The molecule has 102 valence electrons. The van der Waals surface area contributed by atoms with Crippen molar-refractivity contribution in [3.05, 3.63) is 64.7 Å². The Balaban J connectivity index is 2.57. The number of nitrogen functional groups attached to an aromatic ring is 1. The standard InChI is InChI=1S/C14H14ClN5/c15-10-7-5-9(6-8-10)13(19-20-14(17)18)11-3-1-2-4-12(11)16/h1-8H,16H2,(H4,17,18,20)/b19-13+. The molecule has 0 fully saturated rings. The average Bonchev–Trinajstić information content (AvgIpc) is 2.42. The molecule has 0 saturated heterocycles. The van der Waals surface area contributed by atoms with Crippen LogP contribution in [-0.2, 0) is 0 Å². The topological polar surface area (TPSA) is 103 Å². The molecule has 20 heavy (non-hydrogen) atoms. The molecular formula is C14H14ClN5. The summed E-state index contributed by atoms with van der Waals surface area (Å²) in [6.45, 7) is 0. The molecule has 6 heteroatoms. The monoisotopic (exact) mass is 287 g/mol. The van der Waals surface area contributed by atoms with Crippen LogP contribution in [0.4, 0.5) is 5.69 Å². The van der Waals surface area contributed by atoms with E-state index in [0.717, 1.165) is 11.1 Å². The zero-order valence-electron chi connectivity index (χ0n) is 10.6. The van der Waals surface area contributed by atoms with Gasteiger partial charge in [-0.1, -0.05) is 41.9 Å². The van der Waals surface area contributed by atoms with Crippen molar-refractivity contribution in [2.75, 3.05) is 5.73 Å². The van der Waals surface area contributed by atoms with Gasteiger partial charge in [-0.2, -0.15) is 0 Å². The maximum absolute atomic E-state index is 5.98. The minimum Gasteiger partial charge on any atom is -0.398 e. The van der Waals surface area contributed by atoms with Crippen molar-refractivity contribution < 1.29 is 0 Å². The van der Waals surface area contributed by atoms with Crippen LogP contribution in [-0.4, -0.2) is 11.7 Å². The predicted octanol–water partition coefficient (Wildman–Crippen LogP) is 1.95. The smallest absolute Gasteiger partial charge is 0.211 e. The lowest BCUT2D eigenvalue weighted by atomic mass is 10.0. The number of rotatable bonds is 3. The molecule has 0 unspecified atom stereocenters. The van der Waals surface area contributed by atoms with E-state index >= 15 is 0 Å². The molecule has 0 spiro atoms. The molecule has 5 nitrogen and oxygen atoms in total. The van der Waals surface area contributed by atoms with E-state index in [-0.39, 0.29) is 5.96 Å². The van der Waals surface area contributed by atoms with Gasteiger partial charge >= 0.3 is 0 Å². The first-order valence-electron chi connectivity index (χ1n) is 5.85. The van der Waals surface area contributed by atoms with Crippen LogP contribution < -0.4 is 17.2 Å². The largest absolute Gasteiger partial charge is 0.398 e. The molecule has 0 amide bonds. The fourth-order valence-corrected chi connectivity index (χ4v) is 1.82. The maximum atomic E-state index is 5.98. The summed E-state index contributed by atoms with van der Waals surface area (Å²) in [6.07, 6.45) is 0. The first-order chi connectivity index (χ1) is 9.58. The third-order valence-electron chi connectivity index (χ3n) is 2.60. The van der Waals surface area contributed by atoms with Gasteiger partial charge in [0.25, 0.3) is 0 Å². The molecule has 2 aromatic rings. The van der Waals surface area contributed by atoms with Gasteiger partial charge in [0.1, 0.15) is 5.71 Å². The summed E-state index contributed by atoms with van der Waals surface area (Å²) in [5, 5.41) is 8.43. The van der Waals surface area contributed by atoms with Crippen molar-refractivity contribution in [3.63, 3.8) is 0 Å². The number of para-hydroxylation sites is 1. The lowest BCUT2D eigenvalue weighted by Gasteiger charge is -2.08. The second-order valence-electron chi connectivity index (χ2n) is 4.07. The second kappa shape index (κ2) is 6.08. The highest BCUT2D eigenvalue weighted by Crippen LogP contribution is 2.19. The van der Waals surface area contributed by atoms with Crippen molar-refractivity contribution >= 4 is 29.0 Å². The molecule has 0 aliphatic carbocycles. The van der Waals surface area contributed by atoms with E-state index in [9.17, 15) is 0 Å². The molecule has 0 bridgehead atoms. The Kier molecular flexibility index (Phi) is 4.22. The van der Waals surface area contributed by atoms with Gasteiger partial charge in [0, 0.05) is 21.8 Å². The van der Waals surface area contributed by atoms with Crippen LogP contribution in [0.25, 0.3) is 0 Å². The van der Waals surface area contributed by atoms with Crippen LogP contribution >= 0.6 is 11.6 Å². The molecule has 0 radical (unpaired) electrons. The van der Waals surface area contributed by atoms with Gasteiger partial charge in [0.15, 0.2) is 0 Å². The average molecular weight is 288 g/mol. The third kappa shape index (κ3) is 3.27. The number of benzene rings is 2. The van der Waals surface area contributed by atoms with E-state index in [0.29, 0.717) is 16.4 Å². The van der Waals surface area contributed by atoms with Crippen LogP contribution in [0.5, 0.6) is 0 Å². The van der Waals surface area contributed by atoms with E-state index in [4.69, 9.17) is 28.8 Å². The number of nitrogens with two attached hydrogens (primary N) is 3. The Morgan fingerprint density at radius 2 is 1.55 bits per heavy atom. The predicted molar refractivity (Wildman–Crippen MR) is 83.8 cm³/mol. The minimum absolute atomic E-state index is 0.119. The lowest BCUT2D eigenvalue weighted by molar-refractivity contribution is 1.20. The summed E-state index contributed by atoms with van der Waals surface area (Å²) in [4.78, 5) is 0. The Bertz CT molecular complexity index is 658. The van der Waals surface area contributed by atoms with Crippen molar-refractivity contribution in [1.82, 2.24) is 0 Å². The molecular weight excluding hydrogens is 274 g/mol. The molecule has 0 aliphatic rings. The molecule has 0 atom stereocenters. The molecule has 2 rings (SSSR count). The van der Waals surface area contributed by atoms with Crippen LogP contribution in [0, 0.1) is 0 Å². The number of nitrogens with zero attached hydrogens (tertiary/aromatic N) is 2. The number of hydrogen-bond acceptors (Lipinski definition) is 3. The summed E-state index contributed by atoms with van der Waals surface area (Å²) in [5.74, 6) is -0.119. The highest BCUT2D eigenvalue weighted by Gasteiger charge is 2.10. The van der Waals surface area contributed by atoms with Gasteiger partial charge in [-0.05, 0) is 18.2 Å². The van der Waals surface area contributed by atoms with Crippen LogP contribution in [0.15, 0.2) is 58.7 Å². The third-order valence-corrected chi connectivity index (χ3v) is 2.85. The fourth-order valence-electron chi connectivity index (χ4n) is 1.70. The van der Waals surface area contributed by atoms with Gasteiger partial charge in [0.2, 0.25) is 5.96 Å². The minimum atomic E-state index is -0.119. The Labute approximate surface area is 121 Å². The Morgan fingerprint density at radius 3 is 2.15 bits per heavy atom. The van der Waals surface area contributed by atoms with Crippen LogP contribution in [0.1, 0.15) is 11.1 Å². The van der Waals surface area contributed by atoms with Crippen molar-refractivity contribution in [2.24, 2.45) is 21.7 Å². The number of halogens is 1. The zero-order chi connectivity index (χ0) is 14.5. The van der Waals surface area contributed by atoms with Crippen LogP contribution in [0.3, 0.4) is 0 Å². The van der Waals surface area contributed by atoms with Crippen molar-refractivity contribution in [1.29, 1.82) is 0 Å². The summed E-state index contributed by atoms with van der Waals surface area (Å²) in [6, 6.07) is 14.5. The normalized spacial score (nSPS) is 11.2. The fraction of sp³-hybridized carbons (Fsp3) is 0. The molecule has 6 N–H and O–H groups in total. The SMILES string of the molecule is NC(N)=N/N=C(\c1ccc(Cl)cc1)c1ccccc1N. The summed E-state index contributed by atoms with van der Waals surface area (Å²) < 4.78 is 0. The zero-order valence-corrected chi connectivity index (χ0v) is 11.4.